The van der Waals surface area contributed by atoms with Crippen molar-refractivity contribution in [2.24, 2.45) is 17.6 Å². The van der Waals surface area contributed by atoms with E-state index in [-0.39, 0.29) is 11.8 Å². The molecule has 1 unspecified atom stereocenters. The second kappa shape index (κ2) is 8.15. The minimum absolute atomic E-state index is 0.0359. The van der Waals surface area contributed by atoms with Crippen LogP contribution in [0.2, 0.25) is 0 Å². The van der Waals surface area contributed by atoms with Gasteiger partial charge in [-0.25, -0.2) is 4.79 Å². The van der Waals surface area contributed by atoms with Crippen LogP contribution >= 0.6 is 0 Å². The predicted octanol–water partition coefficient (Wildman–Crippen LogP) is 1.51. The number of hydrogen-bond donors (Lipinski definition) is 3. The highest BCUT2D eigenvalue weighted by Crippen LogP contribution is 2.28. The van der Waals surface area contributed by atoms with Crippen molar-refractivity contribution in [1.29, 1.82) is 0 Å². The zero-order valence-electron chi connectivity index (χ0n) is 11.7. The van der Waals surface area contributed by atoms with Crippen LogP contribution in [0.3, 0.4) is 0 Å². The number of hydrogen-bond acceptors (Lipinski definition) is 3. The fourth-order valence-corrected chi connectivity index (χ4v) is 2.62. The Hall–Kier alpha value is -1.10. The molecule has 0 bridgehead atoms. The molecule has 110 valence electrons. The van der Waals surface area contributed by atoms with Crippen molar-refractivity contribution in [2.45, 2.75) is 57.9 Å². The first kappa shape index (κ1) is 16.0. The molecule has 0 radical (unpaired) electrons. The highest BCUT2D eigenvalue weighted by Gasteiger charge is 2.28. The minimum Gasteiger partial charge on any atom is -0.480 e. The Labute approximate surface area is 114 Å². The Morgan fingerprint density at radius 3 is 2.42 bits per heavy atom. The maximum atomic E-state index is 12.1. The fraction of sp³-hybridized carbons (Fsp3) is 0.857. The van der Waals surface area contributed by atoms with E-state index in [1.807, 2.05) is 6.92 Å². The third-order valence-electron chi connectivity index (χ3n) is 4.01. The minimum atomic E-state index is -0.933. The SMILES string of the molecule is CCCCC(NC(=O)C1CCC(CN)CC1)C(=O)O. The quantitative estimate of drug-likeness (QED) is 0.654. The number of amides is 1. The third kappa shape index (κ3) is 5.19. The number of carbonyl (C=O) groups is 2. The van der Waals surface area contributed by atoms with Crippen LogP contribution in [0.25, 0.3) is 0 Å². The van der Waals surface area contributed by atoms with Crippen molar-refractivity contribution in [2.75, 3.05) is 6.54 Å². The van der Waals surface area contributed by atoms with Gasteiger partial charge in [0.1, 0.15) is 6.04 Å². The van der Waals surface area contributed by atoms with Gasteiger partial charge >= 0.3 is 5.97 Å². The predicted molar refractivity (Wildman–Crippen MR) is 73.6 cm³/mol. The summed E-state index contributed by atoms with van der Waals surface area (Å²) in [6.07, 6.45) is 5.86. The molecule has 1 fully saturated rings. The van der Waals surface area contributed by atoms with E-state index in [0.717, 1.165) is 38.5 Å². The molecule has 0 saturated heterocycles. The summed E-state index contributed by atoms with van der Waals surface area (Å²) in [6, 6.07) is -0.736. The molecule has 0 heterocycles. The average Bonchev–Trinajstić information content (AvgIpc) is 2.43. The van der Waals surface area contributed by atoms with Gasteiger partial charge in [0.15, 0.2) is 0 Å². The van der Waals surface area contributed by atoms with E-state index < -0.39 is 12.0 Å². The van der Waals surface area contributed by atoms with Crippen molar-refractivity contribution in [3.05, 3.63) is 0 Å². The maximum Gasteiger partial charge on any atom is 0.326 e. The zero-order chi connectivity index (χ0) is 14.3. The molecule has 0 spiro atoms. The molecule has 0 aromatic rings. The van der Waals surface area contributed by atoms with E-state index in [1.165, 1.54) is 0 Å². The third-order valence-corrected chi connectivity index (χ3v) is 4.01. The molecule has 1 aliphatic carbocycles. The molecule has 5 heteroatoms. The van der Waals surface area contributed by atoms with Crippen LogP contribution in [0.1, 0.15) is 51.9 Å². The topological polar surface area (TPSA) is 92.4 Å². The van der Waals surface area contributed by atoms with Crippen LogP contribution in [-0.4, -0.2) is 29.6 Å². The lowest BCUT2D eigenvalue weighted by Gasteiger charge is -2.27. The molecule has 1 saturated carbocycles. The summed E-state index contributed by atoms with van der Waals surface area (Å²) in [5.74, 6) is -0.540. The van der Waals surface area contributed by atoms with Gasteiger partial charge in [0.25, 0.3) is 0 Å². The first-order chi connectivity index (χ1) is 9.08. The van der Waals surface area contributed by atoms with E-state index in [1.54, 1.807) is 0 Å². The van der Waals surface area contributed by atoms with Crippen molar-refractivity contribution in [3.63, 3.8) is 0 Å². The molecule has 1 amide bonds. The monoisotopic (exact) mass is 270 g/mol. The average molecular weight is 270 g/mol. The van der Waals surface area contributed by atoms with Crippen molar-refractivity contribution < 1.29 is 14.7 Å². The Balaban J connectivity index is 2.42. The van der Waals surface area contributed by atoms with Gasteiger partial charge in [0.2, 0.25) is 5.91 Å². The number of nitrogens with two attached hydrogens (primary N) is 1. The highest BCUT2D eigenvalue weighted by atomic mass is 16.4. The van der Waals surface area contributed by atoms with E-state index >= 15 is 0 Å². The lowest BCUT2D eigenvalue weighted by molar-refractivity contribution is -0.143. The number of carbonyl (C=O) groups excluding carboxylic acids is 1. The first-order valence-electron chi connectivity index (χ1n) is 7.31. The van der Waals surface area contributed by atoms with Gasteiger partial charge < -0.3 is 16.2 Å². The maximum absolute atomic E-state index is 12.1. The molecule has 1 aliphatic rings. The molecule has 19 heavy (non-hydrogen) atoms. The van der Waals surface area contributed by atoms with E-state index in [2.05, 4.69) is 5.32 Å². The molecule has 0 aromatic carbocycles. The Kier molecular flexibility index (Phi) is 6.84. The highest BCUT2D eigenvalue weighted by molar-refractivity contribution is 5.84. The van der Waals surface area contributed by atoms with Crippen LogP contribution in [0.4, 0.5) is 0 Å². The molecule has 0 aromatic heterocycles. The summed E-state index contributed by atoms with van der Waals surface area (Å²) in [6.45, 7) is 2.69. The van der Waals surface area contributed by atoms with Crippen molar-refractivity contribution in [3.8, 4) is 0 Å². The number of nitrogens with one attached hydrogen (secondary N) is 1. The van der Waals surface area contributed by atoms with E-state index in [0.29, 0.717) is 18.9 Å². The lowest BCUT2D eigenvalue weighted by atomic mass is 9.81. The smallest absolute Gasteiger partial charge is 0.326 e. The molecular formula is C14H26N2O3. The van der Waals surface area contributed by atoms with Crippen LogP contribution in [0, 0.1) is 11.8 Å². The van der Waals surface area contributed by atoms with Crippen LogP contribution in [0.5, 0.6) is 0 Å². The number of unbranched alkanes of at least 4 members (excludes halogenated alkanes) is 1. The van der Waals surface area contributed by atoms with Gasteiger partial charge in [-0.1, -0.05) is 19.8 Å². The number of rotatable bonds is 7. The summed E-state index contributed by atoms with van der Waals surface area (Å²) in [5.41, 5.74) is 5.62. The first-order valence-corrected chi connectivity index (χ1v) is 7.31. The molecule has 4 N–H and O–H groups in total. The standard InChI is InChI=1S/C14H26N2O3/c1-2-3-4-12(14(18)19)16-13(17)11-7-5-10(9-15)6-8-11/h10-12H,2-9,15H2,1H3,(H,16,17)(H,18,19). The largest absolute Gasteiger partial charge is 0.480 e. The van der Waals surface area contributed by atoms with E-state index in [9.17, 15) is 9.59 Å². The number of aliphatic carboxylic acids is 1. The molecule has 0 aliphatic heterocycles. The Morgan fingerprint density at radius 1 is 1.32 bits per heavy atom. The van der Waals surface area contributed by atoms with Gasteiger partial charge in [-0.05, 0) is 44.6 Å². The van der Waals surface area contributed by atoms with Gasteiger partial charge in [-0.3, -0.25) is 4.79 Å². The molecule has 5 nitrogen and oxygen atoms in total. The lowest BCUT2D eigenvalue weighted by Crippen LogP contribution is -2.44. The van der Waals surface area contributed by atoms with Gasteiger partial charge in [-0.15, -0.1) is 0 Å². The van der Waals surface area contributed by atoms with E-state index in [4.69, 9.17) is 10.8 Å². The van der Waals surface area contributed by atoms with Gasteiger partial charge in [0.05, 0.1) is 0 Å². The Bertz CT molecular complexity index is 299. The van der Waals surface area contributed by atoms with Gasteiger partial charge in [0, 0.05) is 5.92 Å². The zero-order valence-corrected chi connectivity index (χ0v) is 11.7. The summed E-state index contributed by atoms with van der Waals surface area (Å²) in [4.78, 5) is 23.2. The van der Waals surface area contributed by atoms with Crippen molar-refractivity contribution >= 4 is 11.9 Å². The molecular weight excluding hydrogens is 244 g/mol. The molecule has 1 atom stereocenters. The fourth-order valence-electron chi connectivity index (χ4n) is 2.62. The van der Waals surface area contributed by atoms with Crippen LogP contribution in [-0.2, 0) is 9.59 Å². The summed E-state index contributed by atoms with van der Waals surface area (Å²) < 4.78 is 0. The molecule has 1 rings (SSSR count). The van der Waals surface area contributed by atoms with Crippen LogP contribution in [0.15, 0.2) is 0 Å². The normalized spacial score (nSPS) is 24.7. The number of carboxylic acid groups (broad SMARTS) is 1. The van der Waals surface area contributed by atoms with Gasteiger partial charge in [-0.2, -0.15) is 0 Å². The van der Waals surface area contributed by atoms with Crippen molar-refractivity contribution in [1.82, 2.24) is 5.32 Å². The van der Waals surface area contributed by atoms with Crippen LogP contribution < -0.4 is 11.1 Å². The summed E-state index contributed by atoms with van der Waals surface area (Å²) in [5, 5.41) is 11.8. The Morgan fingerprint density at radius 2 is 1.95 bits per heavy atom. The summed E-state index contributed by atoms with van der Waals surface area (Å²) in [7, 11) is 0. The second-order valence-corrected chi connectivity index (χ2v) is 5.49. The number of carboxylic acids is 1. The second-order valence-electron chi connectivity index (χ2n) is 5.49. The summed E-state index contributed by atoms with van der Waals surface area (Å²) >= 11 is 0.